The second kappa shape index (κ2) is 5.25. The van der Waals surface area contributed by atoms with Crippen LogP contribution >= 0.6 is 11.6 Å². The largest absolute Gasteiger partial charge is 0.396 e. The lowest BCUT2D eigenvalue weighted by atomic mass is 9.90. The van der Waals surface area contributed by atoms with Gasteiger partial charge in [0.1, 0.15) is 0 Å². The first-order valence-corrected chi connectivity index (χ1v) is 7.45. The van der Waals surface area contributed by atoms with Crippen LogP contribution < -0.4 is 4.90 Å². The first kappa shape index (κ1) is 13.1. The van der Waals surface area contributed by atoms with Crippen LogP contribution in [0.5, 0.6) is 0 Å². The number of hydrogen-bond acceptors (Lipinski definition) is 4. The first-order valence-electron chi connectivity index (χ1n) is 7.07. The minimum atomic E-state index is 0.331. The quantitative estimate of drug-likeness (QED) is 0.921. The van der Waals surface area contributed by atoms with Crippen LogP contribution in [0.15, 0.2) is 12.4 Å². The molecule has 1 atom stereocenters. The lowest BCUT2D eigenvalue weighted by Gasteiger charge is -2.33. The molecule has 5 heteroatoms. The molecule has 1 aliphatic heterocycles. The summed E-state index contributed by atoms with van der Waals surface area (Å²) in [5.41, 5.74) is 0.568. The van der Waals surface area contributed by atoms with Crippen LogP contribution in [0.1, 0.15) is 32.1 Å². The third-order valence-corrected chi connectivity index (χ3v) is 4.91. The van der Waals surface area contributed by atoms with Gasteiger partial charge in [-0.05, 0) is 43.4 Å². The van der Waals surface area contributed by atoms with Crippen molar-refractivity contribution in [2.75, 3.05) is 24.6 Å². The zero-order valence-electron chi connectivity index (χ0n) is 11.1. The zero-order valence-corrected chi connectivity index (χ0v) is 11.8. The van der Waals surface area contributed by atoms with Gasteiger partial charge in [0.05, 0.1) is 17.4 Å². The molecule has 1 N–H and O–H groups in total. The summed E-state index contributed by atoms with van der Waals surface area (Å²) >= 11 is 5.81. The molecular weight excluding hydrogens is 262 g/mol. The molecule has 1 aromatic rings. The summed E-state index contributed by atoms with van der Waals surface area (Å²) in [7, 11) is 0. The fourth-order valence-electron chi connectivity index (χ4n) is 3.41. The topological polar surface area (TPSA) is 49.2 Å². The van der Waals surface area contributed by atoms with Gasteiger partial charge in [0.2, 0.25) is 5.95 Å². The molecule has 1 saturated heterocycles. The van der Waals surface area contributed by atoms with Gasteiger partial charge in [0.15, 0.2) is 0 Å². The van der Waals surface area contributed by atoms with E-state index in [4.69, 9.17) is 16.7 Å². The van der Waals surface area contributed by atoms with E-state index in [1.807, 2.05) is 0 Å². The molecule has 0 amide bonds. The molecule has 19 heavy (non-hydrogen) atoms. The van der Waals surface area contributed by atoms with Crippen molar-refractivity contribution in [2.24, 2.45) is 11.3 Å². The standard InChI is InChI=1S/C14H20ClN3O/c15-12-9-16-13(17-10-12)18-5-3-14(4-6-18)8-11(14)2-1-7-19/h9-11,19H,1-8H2/t11-/m0/s1. The van der Waals surface area contributed by atoms with Crippen LogP contribution in [0, 0.1) is 11.3 Å². The minimum Gasteiger partial charge on any atom is -0.396 e. The predicted molar refractivity (Wildman–Crippen MR) is 75.3 cm³/mol. The average molecular weight is 282 g/mol. The monoisotopic (exact) mass is 281 g/mol. The highest BCUT2D eigenvalue weighted by atomic mass is 35.5. The molecule has 2 aliphatic rings. The van der Waals surface area contributed by atoms with E-state index in [1.54, 1.807) is 12.4 Å². The van der Waals surface area contributed by atoms with E-state index in [0.29, 0.717) is 17.0 Å². The Balaban J connectivity index is 1.54. The van der Waals surface area contributed by atoms with Crippen molar-refractivity contribution >= 4 is 17.5 Å². The van der Waals surface area contributed by atoms with Gasteiger partial charge in [-0.15, -0.1) is 0 Å². The van der Waals surface area contributed by atoms with Gasteiger partial charge in [-0.25, -0.2) is 9.97 Å². The Kier molecular flexibility index (Phi) is 3.63. The fraction of sp³-hybridized carbons (Fsp3) is 0.714. The molecule has 1 saturated carbocycles. The van der Waals surface area contributed by atoms with Crippen molar-refractivity contribution in [3.8, 4) is 0 Å². The van der Waals surface area contributed by atoms with Crippen LogP contribution in [0.25, 0.3) is 0 Å². The van der Waals surface area contributed by atoms with Crippen LogP contribution in [0.4, 0.5) is 5.95 Å². The molecule has 104 valence electrons. The van der Waals surface area contributed by atoms with E-state index in [1.165, 1.54) is 25.7 Å². The number of nitrogens with zero attached hydrogens (tertiary/aromatic N) is 3. The Hall–Kier alpha value is -0.870. The van der Waals surface area contributed by atoms with Crippen molar-refractivity contribution in [1.82, 2.24) is 9.97 Å². The van der Waals surface area contributed by atoms with Gasteiger partial charge >= 0.3 is 0 Å². The number of anilines is 1. The number of piperidine rings is 1. The van der Waals surface area contributed by atoms with Crippen molar-refractivity contribution in [3.63, 3.8) is 0 Å². The maximum atomic E-state index is 8.91. The van der Waals surface area contributed by atoms with Gasteiger partial charge in [0, 0.05) is 19.7 Å². The van der Waals surface area contributed by atoms with Crippen LogP contribution in [0.3, 0.4) is 0 Å². The van der Waals surface area contributed by atoms with E-state index in [-0.39, 0.29) is 0 Å². The van der Waals surface area contributed by atoms with Crippen molar-refractivity contribution < 1.29 is 5.11 Å². The maximum absolute atomic E-state index is 8.91. The number of halogens is 1. The lowest BCUT2D eigenvalue weighted by molar-refractivity contribution is 0.269. The number of rotatable bonds is 4. The Labute approximate surface area is 118 Å². The lowest BCUT2D eigenvalue weighted by Crippen LogP contribution is -2.36. The molecular formula is C14H20ClN3O. The smallest absolute Gasteiger partial charge is 0.225 e. The molecule has 2 fully saturated rings. The summed E-state index contributed by atoms with van der Waals surface area (Å²) in [5.74, 6) is 1.64. The highest BCUT2D eigenvalue weighted by Gasteiger charge is 2.53. The summed E-state index contributed by atoms with van der Waals surface area (Å²) in [5, 5.41) is 9.49. The number of aliphatic hydroxyl groups excluding tert-OH is 1. The van der Waals surface area contributed by atoms with E-state index in [0.717, 1.165) is 31.4 Å². The van der Waals surface area contributed by atoms with Gasteiger partial charge in [-0.3, -0.25) is 0 Å². The predicted octanol–water partition coefficient (Wildman–Crippen LogP) is 2.51. The summed E-state index contributed by atoms with van der Waals surface area (Å²) in [6, 6.07) is 0. The molecule has 0 radical (unpaired) electrons. The summed E-state index contributed by atoms with van der Waals surface area (Å²) < 4.78 is 0. The van der Waals surface area contributed by atoms with Gasteiger partial charge in [0.25, 0.3) is 0 Å². The number of aromatic nitrogens is 2. The van der Waals surface area contributed by atoms with Gasteiger partial charge in [-0.1, -0.05) is 11.6 Å². The van der Waals surface area contributed by atoms with Crippen LogP contribution in [0.2, 0.25) is 5.02 Å². The summed E-state index contributed by atoms with van der Waals surface area (Å²) in [4.78, 5) is 10.8. The third kappa shape index (κ3) is 2.70. The Morgan fingerprint density at radius 2 is 2.00 bits per heavy atom. The molecule has 2 heterocycles. The highest BCUT2D eigenvalue weighted by molar-refractivity contribution is 6.30. The second-order valence-electron chi connectivity index (χ2n) is 5.82. The molecule has 0 aromatic carbocycles. The minimum absolute atomic E-state index is 0.331. The fourth-order valence-corrected chi connectivity index (χ4v) is 3.51. The van der Waals surface area contributed by atoms with Gasteiger partial charge in [-0.2, -0.15) is 0 Å². The molecule has 1 aliphatic carbocycles. The summed E-state index contributed by atoms with van der Waals surface area (Å²) in [6.07, 6.45) is 9.28. The Morgan fingerprint density at radius 1 is 1.32 bits per heavy atom. The average Bonchev–Trinajstić information content (AvgIpc) is 3.11. The SMILES string of the molecule is OCCC[C@H]1CC12CCN(c1ncc(Cl)cn1)CC2. The molecule has 3 rings (SSSR count). The van der Waals surface area contributed by atoms with E-state index in [2.05, 4.69) is 14.9 Å². The first-order chi connectivity index (χ1) is 9.23. The molecule has 0 unspecified atom stereocenters. The number of aliphatic hydroxyl groups is 1. The van der Waals surface area contributed by atoms with Crippen LogP contribution in [-0.4, -0.2) is 34.8 Å². The van der Waals surface area contributed by atoms with E-state index >= 15 is 0 Å². The number of hydrogen-bond donors (Lipinski definition) is 1. The third-order valence-electron chi connectivity index (χ3n) is 4.72. The van der Waals surface area contributed by atoms with E-state index in [9.17, 15) is 0 Å². The molecule has 1 aromatic heterocycles. The molecule has 4 nitrogen and oxygen atoms in total. The van der Waals surface area contributed by atoms with Gasteiger partial charge < -0.3 is 10.0 Å². The summed E-state index contributed by atoms with van der Waals surface area (Å²) in [6.45, 7) is 2.41. The normalized spacial score (nSPS) is 24.7. The van der Waals surface area contributed by atoms with Crippen LogP contribution in [-0.2, 0) is 0 Å². The maximum Gasteiger partial charge on any atom is 0.225 e. The second-order valence-corrected chi connectivity index (χ2v) is 6.25. The highest BCUT2D eigenvalue weighted by Crippen LogP contribution is 2.61. The van der Waals surface area contributed by atoms with Crippen molar-refractivity contribution in [3.05, 3.63) is 17.4 Å². The Bertz CT molecular complexity index is 429. The van der Waals surface area contributed by atoms with Crippen molar-refractivity contribution in [1.29, 1.82) is 0 Å². The zero-order chi connectivity index (χ0) is 13.3. The molecule has 1 spiro atoms. The molecule has 0 bridgehead atoms. The Morgan fingerprint density at radius 3 is 2.63 bits per heavy atom. The van der Waals surface area contributed by atoms with E-state index < -0.39 is 0 Å². The van der Waals surface area contributed by atoms with Crippen molar-refractivity contribution in [2.45, 2.75) is 32.1 Å².